The Morgan fingerprint density at radius 3 is 1.67 bits per heavy atom. The maximum Gasteiger partial charge on any atom is 0.162 e. The Morgan fingerprint density at radius 1 is 0.386 bits per heavy atom. The fourth-order valence-corrected chi connectivity index (χ4v) is 11.1. The molecule has 0 unspecified atom stereocenters. The molecule has 3 aliphatic carbocycles. The first-order valence-corrected chi connectivity index (χ1v) is 19.9. The molecule has 0 N–H and O–H groups in total. The van der Waals surface area contributed by atoms with Crippen molar-refractivity contribution in [2.24, 2.45) is 0 Å². The number of benzene rings is 8. The minimum Gasteiger partial charge on any atom is -0.293 e. The fraction of sp³-hybridized carbons (Fsp3) is 0.0741. The maximum atomic E-state index is 5.69. The van der Waals surface area contributed by atoms with Crippen LogP contribution in [-0.4, -0.2) is 14.5 Å². The molecule has 0 radical (unpaired) electrons. The van der Waals surface area contributed by atoms with Crippen molar-refractivity contribution in [3.8, 4) is 50.6 Å². The minimum atomic E-state index is -0.438. The normalized spacial score (nSPS) is 14.8. The molecule has 8 aromatic carbocycles. The van der Waals surface area contributed by atoms with Crippen LogP contribution in [0.1, 0.15) is 47.2 Å². The molecule has 0 atom stereocenters. The molecule has 2 heterocycles. The molecule has 0 aliphatic heterocycles. The summed E-state index contributed by atoms with van der Waals surface area (Å²) in [5.74, 6) is 1.62. The molecule has 3 heteroatoms. The van der Waals surface area contributed by atoms with E-state index in [0.29, 0.717) is 0 Å². The Labute approximate surface area is 330 Å². The first-order chi connectivity index (χ1) is 28.0. The van der Waals surface area contributed by atoms with Crippen molar-refractivity contribution in [1.29, 1.82) is 0 Å². The lowest BCUT2D eigenvalue weighted by Crippen LogP contribution is -2.25. The summed E-state index contributed by atoms with van der Waals surface area (Å²) in [6.45, 7) is 4.72. The van der Waals surface area contributed by atoms with Crippen molar-refractivity contribution >= 4 is 32.7 Å². The van der Waals surface area contributed by atoms with Crippen molar-refractivity contribution in [3.63, 3.8) is 0 Å². The predicted molar refractivity (Wildman–Crippen MR) is 233 cm³/mol. The number of hydrogen-bond donors (Lipinski definition) is 0. The summed E-state index contributed by atoms with van der Waals surface area (Å²) in [4.78, 5) is 11.1. The van der Waals surface area contributed by atoms with Crippen LogP contribution >= 0.6 is 0 Å². The van der Waals surface area contributed by atoms with E-state index in [4.69, 9.17) is 9.97 Å². The predicted octanol–water partition coefficient (Wildman–Crippen LogP) is 13.0. The number of aromatic nitrogens is 3. The molecule has 1 spiro atoms. The summed E-state index contributed by atoms with van der Waals surface area (Å²) >= 11 is 0. The molecule has 3 nitrogen and oxygen atoms in total. The van der Waals surface area contributed by atoms with Gasteiger partial charge in [0.05, 0.1) is 22.0 Å². The van der Waals surface area contributed by atoms with E-state index in [9.17, 15) is 0 Å². The number of nitrogens with zero attached hydrogens (tertiary/aromatic N) is 3. The van der Waals surface area contributed by atoms with Crippen LogP contribution in [0.2, 0.25) is 0 Å². The molecule has 2 aromatic heterocycles. The summed E-state index contributed by atoms with van der Waals surface area (Å²) in [6.07, 6.45) is 0. The fourth-order valence-electron chi connectivity index (χ4n) is 11.1. The molecule has 0 amide bonds. The van der Waals surface area contributed by atoms with Crippen LogP contribution in [0.5, 0.6) is 0 Å². The first kappa shape index (κ1) is 31.1. The van der Waals surface area contributed by atoms with Crippen molar-refractivity contribution in [2.75, 3.05) is 0 Å². The van der Waals surface area contributed by atoms with Crippen LogP contribution in [0.25, 0.3) is 83.3 Å². The zero-order valence-electron chi connectivity index (χ0n) is 31.6. The zero-order valence-corrected chi connectivity index (χ0v) is 31.6. The van der Waals surface area contributed by atoms with Gasteiger partial charge in [0, 0.05) is 27.1 Å². The topological polar surface area (TPSA) is 30.7 Å². The summed E-state index contributed by atoms with van der Waals surface area (Å²) < 4.78 is 2.40. The second-order valence-corrected chi connectivity index (χ2v) is 16.4. The highest BCUT2D eigenvalue weighted by atomic mass is 15.1. The summed E-state index contributed by atoms with van der Waals surface area (Å²) in [6, 6.07) is 64.8. The van der Waals surface area contributed by atoms with Gasteiger partial charge < -0.3 is 0 Å². The molecule has 57 heavy (non-hydrogen) atoms. The molecule has 0 saturated heterocycles. The van der Waals surface area contributed by atoms with E-state index in [1.807, 2.05) is 0 Å². The monoisotopic (exact) mass is 725 g/mol. The van der Waals surface area contributed by atoms with Gasteiger partial charge in [-0.1, -0.05) is 159 Å². The number of fused-ring (bicyclic) bond motifs is 17. The standard InChI is InChI=1S/C54H35N3/c1-53(2)41-23-9-3-18-34(41)39-30-40-35-19-8-14-29-48(35)57(49(40)31-46(39)53)52-37-21-7-13-28-47(37)55-51(56-52)38-22-15-27-45-50(38)36-20-6-12-26-44(36)54(45)42-24-10-4-16-32(42)33-17-5-11-25-43(33)54/h3-31H,1-2H3. The van der Waals surface area contributed by atoms with Gasteiger partial charge in [0.2, 0.25) is 0 Å². The lowest BCUT2D eigenvalue weighted by molar-refractivity contribution is 0.661. The van der Waals surface area contributed by atoms with Gasteiger partial charge in [-0.15, -0.1) is 0 Å². The third-order valence-corrected chi connectivity index (χ3v) is 13.4. The van der Waals surface area contributed by atoms with Crippen LogP contribution in [0.4, 0.5) is 0 Å². The van der Waals surface area contributed by atoms with Crippen LogP contribution in [0, 0.1) is 0 Å². The molecule has 13 rings (SSSR count). The Balaban J connectivity index is 1.12. The second-order valence-electron chi connectivity index (χ2n) is 16.4. The third-order valence-electron chi connectivity index (χ3n) is 13.4. The van der Waals surface area contributed by atoms with E-state index in [-0.39, 0.29) is 5.41 Å². The quantitative estimate of drug-likeness (QED) is 0.178. The van der Waals surface area contributed by atoms with E-state index in [1.165, 1.54) is 77.5 Å². The third kappa shape index (κ3) is 3.77. The average molecular weight is 726 g/mol. The molecular weight excluding hydrogens is 691 g/mol. The Morgan fingerprint density at radius 2 is 0.930 bits per heavy atom. The maximum absolute atomic E-state index is 5.69. The van der Waals surface area contributed by atoms with Gasteiger partial charge >= 0.3 is 0 Å². The summed E-state index contributed by atoms with van der Waals surface area (Å²) in [5.41, 5.74) is 19.4. The Bertz CT molecular complexity index is 3350. The van der Waals surface area contributed by atoms with Crippen LogP contribution < -0.4 is 0 Å². The number of rotatable bonds is 2. The van der Waals surface area contributed by atoms with E-state index in [1.54, 1.807) is 0 Å². The van der Waals surface area contributed by atoms with Gasteiger partial charge in [0.25, 0.3) is 0 Å². The van der Waals surface area contributed by atoms with Crippen molar-refractivity contribution in [2.45, 2.75) is 24.7 Å². The van der Waals surface area contributed by atoms with Crippen LogP contribution in [0.15, 0.2) is 176 Å². The molecule has 266 valence electrons. The SMILES string of the molecule is CC1(C)c2ccccc2-c2cc3c4ccccc4n(-c4nc(-c5cccc6c5-c5ccccc5C65c6ccccc6-c6ccccc65)nc5ccccc45)c3cc21. The van der Waals surface area contributed by atoms with Gasteiger partial charge in [0.1, 0.15) is 5.82 Å². The smallest absolute Gasteiger partial charge is 0.162 e. The lowest BCUT2D eigenvalue weighted by Gasteiger charge is -2.30. The lowest BCUT2D eigenvalue weighted by atomic mass is 9.70. The highest BCUT2D eigenvalue weighted by Crippen LogP contribution is 2.64. The van der Waals surface area contributed by atoms with Gasteiger partial charge in [0.15, 0.2) is 5.82 Å². The summed E-state index contributed by atoms with van der Waals surface area (Å²) in [7, 11) is 0. The van der Waals surface area contributed by atoms with Gasteiger partial charge in [-0.05, 0) is 97.1 Å². The average Bonchev–Trinajstić information content (AvgIpc) is 3.93. The highest BCUT2D eigenvalue weighted by Gasteiger charge is 2.52. The zero-order chi connectivity index (χ0) is 37.6. The second kappa shape index (κ2) is 10.8. The molecule has 0 fully saturated rings. The molecule has 0 bridgehead atoms. The molecule has 10 aromatic rings. The minimum absolute atomic E-state index is 0.133. The molecular formula is C54H35N3. The Hall–Kier alpha value is -7.10. The summed E-state index contributed by atoms with van der Waals surface area (Å²) in [5, 5.41) is 3.47. The Kier molecular flexibility index (Phi) is 5.90. The van der Waals surface area contributed by atoms with Crippen molar-refractivity contribution in [1.82, 2.24) is 14.5 Å². The van der Waals surface area contributed by atoms with E-state index in [0.717, 1.165) is 39.1 Å². The van der Waals surface area contributed by atoms with Crippen molar-refractivity contribution in [3.05, 3.63) is 209 Å². The number of hydrogen-bond acceptors (Lipinski definition) is 2. The molecule has 0 saturated carbocycles. The van der Waals surface area contributed by atoms with Gasteiger partial charge in [-0.2, -0.15) is 0 Å². The van der Waals surface area contributed by atoms with Crippen LogP contribution in [-0.2, 0) is 10.8 Å². The van der Waals surface area contributed by atoms with Crippen LogP contribution in [0.3, 0.4) is 0 Å². The number of para-hydroxylation sites is 2. The largest absolute Gasteiger partial charge is 0.293 e. The van der Waals surface area contributed by atoms with E-state index < -0.39 is 5.41 Å². The van der Waals surface area contributed by atoms with Gasteiger partial charge in [-0.25, -0.2) is 9.97 Å². The van der Waals surface area contributed by atoms with E-state index >= 15 is 0 Å². The van der Waals surface area contributed by atoms with Gasteiger partial charge in [-0.3, -0.25) is 4.57 Å². The van der Waals surface area contributed by atoms with E-state index in [2.05, 4.69) is 194 Å². The molecule has 3 aliphatic rings. The highest BCUT2D eigenvalue weighted by molar-refractivity contribution is 6.12. The van der Waals surface area contributed by atoms with Crippen molar-refractivity contribution < 1.29 is 0 Å². The first-order valence-electron chi connectivity index (χ1n) is 19.9.